The first-order chi connectivity index (χ1) is 8.60. The summed E-state index contributed by atoms with van der Waals surface area (Å²) in [5, 5.41) is 0. The molecule has 1 heterocycles. The lowest BCUT2D eigenvalue weighted by Gasteiger charge is -2.24. The molecule has 0 atom stereocenters. The molecule has 0 radical (unpaired) electrons. The van der Waals surface area contributed by atoms with Gasteiger partial charge < -0.3 is 15.5 Å². The maximum Gasteiger partial charge on any atom is 0.243 e. The van der Waals surface area contributed by atoms with E-state index in [9.17, 15) is 4.79 Å². The van der Waals surface area contributed by atoms with Crippen LogP contribution in [0.4, 0.5) is 5.69 Å². The highest BCUT2D eigenvalue weighted by Gasteiger charge is 2.48. The molecule has 1 aromatic carbocycles. The van der Waals surface area contributed by atoms with Crippen molar-refractivity contribution in [1.82, 2.24) is 4.90 Å². The van der Waals surface area contributed by atoms with Crippen molar-refractivity contribution < 1.29 is 4.79 Å². The number of carbonyl (C=O) groups excluding carboxylic acids is 1. The van der Waals surface area contributed by atoms with Crippen molar-refractivity contribution in [3.63, 3.8) is 0 Å². The van der Waals surface area contributed by atoms with Crippen molar-refractivity contribution in [2.75, 3.05) is 25.0 Å². The molecule has 96 valence electrons. The van der Waals surface area contributed by atoms with Crippen LogP contribution in [0.15, 0.2) is 24.3 Å². The van der Waals surface area contributed by atoms with Crippen LogP contribution in [-0.4, -0.2) is 36.5 Å². The minimum atomic E-state index is -0.558. The zero-order valence-corrected chi connectivity index (χ0v) is 10.7. The van der Waals surface area contributed by atoms with Gasteiger partial charge in [-0.15, -0.1) is 0 Å². The van der Waals surface area contributed by atoms with Gasteiger partial charge in [0.2, 0.25) is 5.91 Å². The van der Waals surface area contributed by atoms with Crippen LogP contribution in [0.1, 0.15) is 18.4 Å². The second-order valence-electron chi connectivity index (χ2n) is 5.43. The molecular weight excluding hydrogens is 226 g/mol. The smallest absolute Gasteiger partial charge is 0.243 e. The molecular formula is C14H19N3O. The number of anilines is 1. The van der Waals surface area contributed by atoms with Crippen LogP contribution in [0.3, 0.4) is 0 Å². The second-order valence-corrected chi connectivity index (χ2v) is 5.43. The van der Waals surface area contributed by atoms with E-state index in [2.05, 4.69) is 24.1 Å². The van der Waals surface area contributed by atoms with Crippen molar-refractivity contribution in [2.24, 2.45) is 5.73 Å². The second kappa shape index (κ2) is 3.99. The summed E-state index contributed by atoms with van der Waals surface area (Å²) in [4.78, 5) is 16.5. The molecule has 3 rings (SSSR count). The molecule has 1 fully saturated rings. The quantitative estimate of drug-likeness (QED) is 0.801. The number of benzene rings is 1. The van der Waals surface area contributed by atoms with Crippen LogP contribution in [-0.2, 0) is 11.3 Å². The Bertz CT molecular complexity index is 482. The van der Waals surface area contributed by atoms with Gasteiger partial charge in [0.05, 0.1) is 5.54 Å². The van der Waals surface area contributed by atoms with Crippen LogP contribution in [0, 0.1) is 0 Å². The molecule has 1 aromatic rings. The summed E-state index contributed by atoms with van der Waals surface area (Å²) >= 11 is 0. The first-order valence-corrected chi connectivity index (χ1v) is 6.47. The topological polar surface area (TPSA) is 49.6 Å². The zero-order chi connectivity index (χ0) is 12.8. The third-order valence-electron chi connectivity index (χ3n) is 3.97. The molecule has 4 heteroatoms. The molecule has 1 aliphatic carbocycles. The number of para-hydroxylation sites is 1. The van der Waals surface area contributed by atoms with Gasteiger partial charge in [-0.1, -0.05) is 18.2 Å². The van der Waals surface area contributed by atoms with E-state index in [0.717, 1.165) is 25.9 Å². The Labute approximate surface area is 107 Å². The van der Waals surface area contributed by atoms with E-state index >= 15 is 0 Å². The maximum atomic E-state index is 12.3. The van der Waals surface area contributed by atoms with Crippen LogP contribution < -0.4 is 10.6 Å². The predicted octanol–water partition coefficient (Wildman–Crippen LogP) is 0.956. The Kier molecular flexibility index (Phi) is 2.55. The highest BCUT2D eigenvalue weighted by atomic mass is 16.2. The van der Waals surface area contributed by atoms with Crippen LogP contribution in [0.5, 0.6) is 0 Å². The molecule has 0 spiro atoms. The third-order valence-corrected chi connectivity index (χ3v) is 3.97. The Hall–Kier alpha value is -1.55. The Morgan fingerprint density at radius 1 is 1.28 bits per heavy atom. The third kappa shape index (κ3) is 1.86. The normalized spacial score (nSPS) is 21.2. The fraction of sp³-hybridized carbons (Fsp3) is 0.500. The first-order valence-electron chi connectivity index (χ1n) is 6.47. The molecule has 1 aliphatic heterocycles. The Morgan fingerprint density at radius 2 is 2.00 bits per heavy atom. The lowest BCUT2D eigenvalue weighted by molar-refractivity contribution is -0.134. The van der Waals surface area contributed by atoms with Gasteiger partial charge in [0, 0.05) is 32.4 Å². The Balaban J connectivity index is 1.87. The number of nitrogens with two attached hydrogens (primary N) is 1. The fourth-order valence-electron chi connectivity index (χ4n) is 2.53. The number of fused-ring (bicyclic) bond motifs is 1. The molecule has 2 N–H and O–H groups in total. The highest BCUT2D eigenvalue weighted by Crippen LogP contribution is 2.35. The first kappa shape index (κ1) is 11.5. The molecule has 18 heavy (non-hydrogen) atoms. The van der Waals surface area contributed by atoms with Gasteiger partial charge in [-0.2, -0.15) is 0 Å². The van der Waals surface area contributed by atoms with Gasteiger partial charge in [-0.05, 0) is 24.5 Å². The standard InChI is InChI=1S/C14H19N3O/c1-16-8-9-17(13(18)14(15)6-7-14)10-11-4-2-3-5-12(11)16/h2-5H,6-10,15H2,1H3. The molecule has 1 amide bonds. The van der Waals surface area contributed by atoms with E-state index in [1.54, 1.807) is 0 Å². The summed E-state index contributed by atoms with van der Waals surface area (Å²) in [5.74, 6) is 0.118. The van der Waals surface area contributed by atoms with Crippen molar-refractivity contribution in [3.8, 4) is 0 Å². The monoisotopic (exact) mass is 245 g/mol. The number of nitrogens with zero attached hydrogens (tertiary/aromatic N) is 2. The summed E-state index contributed by atoms with van der Waals surface area (Å²) in [7, 11) is 2.07. The number of rotatable bonds is 1. The molecule has 0 bridgehead atoms. The molecule has 2 aliphatic rings. The molecule has 4 nitrogen and oxygen atoms in total. The summed E-state index contributed by atoms with van der Waals surface area (Å²) in [6, 6.07) is 8.26. The molecule has 0 aromatic heterocycles. The van der Waals surface area contributed by atoms with Crippen molar-refractivity contribution >= 4 is 11.6 Å². The van der Waals surface area contributed by atoms with Gasteiger partial charge in [0.1, 0.15) is 0 Å². The van der Waals surface area contributed by atoms with Crippen LogP contribution in [0.25, 0.3) is 0 Å². The predicted molar refractivity (Wildman–Crippen MR) is 71.3 cm³/mol. The Morgan fingerprint density at radius 3 is 2.72 bits per heavy atom. The van der Waals surface area contributed by atoms with Gasteiger partial charge in [0.15, 0.2) is 0 Å². The summed E-state index contributed by atoms with van der Waals surface area (Å²) < 4.78 is 0. The number of likely N-dealkylation sites (N-methyl/N-ethyl adjacent to an activating group) is 1. The van der Waals surface area contributed by atoms with E-state index in [4.69, 9.17) is 5.73 Å². The fourth-order valence-corrected chi connectivity index (χ4v) is 2.53. The maximum absolute atomic E-state index is 12.3. The van der Waals surface area contributed by atoms with Crippen molar-refractivity contribution in [2.45, 2.75) is 24.9 Å². The minimum Gasteiger partial charge on any atom is -0.373 e. The number of hydrogen-bond acceptors (Lipinski definition) is 3. The average molecular weight is 245 g/mol. The summed E-state index contributed by atoms with van der Waals surface area (Å²) in [6.45, 7) is 2.29. The van der Waals surface area contributed by atoms with Crippen molar-refractivity contribution in [1.29, 1.82) is 0 Å². The van der Waals surface area contributed by atoms with Crippen LogP contribution in [0.2, 0.25) is 0 Å². The van der Waals surface area contributed by atoms with E-state index < -0.39 is 5.54 Å². The zero-order valence-electron chi connectivity index (χ0n) is 10.7. The van der Waals surface area contributed by atoms with E-state index in [0.29, 0.717) is 6.54 Å². The minimum absolute atomic E-state index is 0.118. The van der Waals surface area contributed by atoms with E-state index in [-0.39, 0.29) is 5.91 Å². The lowest BCUT2D eigenvalue weighted by atomic mass is 10.1. The SMILES string of the molecule is CN1CCN(C(=O)C2(N)CC2)Cc2ccccc21. The van der Waals surface area contributed by atoms with E-state index in [1.807, 2.05) is 17.0 Å². The summed E-state index contributed by atoms with van der Waals surface area (Å²) in [6.07, 6.45) is 1.67. The highest BCUT2D eigenvalue weighted by molar-refractivity contribution is 5.89. The van der Waals surface area contributed by atoms with E-state index in [1.165, 1.54) is 11.3 Å². The van der Waals surface area contributed by atoms with Gasteiger partial charge >= 0.3 is 0 Å². The van der Waals surface area contributed by atoms with Gasteiger partial charge in [0.25, 0.3) is 0 Å². The largest absolute Gasteiger partial charge is 0.373 e. The lowest BCUT2D eigenvalue weighted by Crippen LogP contribution is -2.46. The molecule has 0 unspecified atom stereocenters. The van der Waals surface area contributed by atoms with Gasteiger partial charge in [-0.25, -0.2) is 0 Å². The number of carbonyl (C=O) groups is 1. The number of hydrogen-bond donors (Lipinski definition) is 1. The number of amides is 1. The summed E-state index contributed by atoms with van der Waals surface area (Å²) in [5.41, 5.74) is 7.89. The molecule has 0 saturated heterocycles. The van der Waals surface area contributed by atoms with Crippen LogP contribution >= 0.6 is 0 Å². The van der Waals surface area contributed by atoms with Crippen molar-refractivity contribution in [3.05, 3.63) is 29.8 Å². The average Bonchev–Trinajstić information content (AvgIpc) is 3.14. The molecule has 1 saturated carbocycles. The van der Waals surface area contributed by atoms with Gasteiger partial charge in [-0.3, -0.25) is 4.79 Å².